The van der Waals surface area contributed by atoms with Crippen molar-refractivity contribution in [3.8, 4) is 11.5 Å². The second-order valence-electron chi connectivity index (χ2n) is 9.31. The number of sulfone groups is 1. The topological polar surface area (TPSA) is 119 Å². The quantitative estimate of drug-likeness (QED) is 0.593. The normalized spacial score (nSPS) is 17.1. The van der Waals surface area contributed by atoms with Gasteiger partial charge in [-0.05, 0) is 45.7 Å². The number of imidazole rings is 1. The lowest BCUT2D eigenvalue weighted by Crippen LogP contribution is -2.47. The van der Waals surface area contributed by atoms with Gasteiger partial charge < -0.3 is 15.0 Å². The fourth-order valence-corrected chi connectivity index (χ4v) is 4.47. The molecule has 1 fully saturated rings. The predicted molar refractivity (Wildman–Crippen MR) is 124 cm³/mol. The van der Waals surface area contributed by atoms with E-state index in [2.05, 4.69) is 20.3 Å². The number of likely N-dealkylation sites (tertiary alicyclic amines) is 1. The lowest BCUT2D eigenvalue weighted by Gasteiger charge is -2.34. The Kier molecular flexibility index (Phi) is 6.19. The van der Waals surface area contributed by atoms with Crippen molar-refractivity contribution in [3.05, 3.63) is 36.5 Å². The first-order chi connectivity index (χ1) is 15.9. The number of piperidine rings is 1. The molecule has 1 aliphatic rings. The number of nitrogens with one attached hydrogen (secondary N) is 1. The van der Waals surface area contributed by atoms with Crippen LogP contribution in [0.4, 0.5) is 15.0 Å². The van der Waals surface area contributed by atoms with Crippen LogP contribution < -0.4 is 5.32 Å². The molecule has 12 heteroatoms. The maximum atomic E-state index is 13.8. The molecule has 0 radical (unpaired) electrons. The Hall–Kier alpha value is -3.28. The predicted octanol–water partition coefficient (Wildman–Crippen LogP) is 3.15. The molecule has 1 N–H and O–H groups in total. The Morgan fingerprint density at radius 2 is 2.00 bits per heavy atom. The molecule has 0 saturated carbocycles. The summed E-state index contributed by atoms with van der Waals surface area (Å²) in [7, 11) is -3.65. The smallest absolute Gasteiger partial charge is 0.410 e. The summed E-state index contributed by atoms with van der Waals surface area (Å²) in [5.74, 6) is -0.148. The van der Waals surface area contributed by atoms with Crippen LogP contribution >= 0.6 is 0 Å². The molecule has 1 amide bonds. The minimum absolute atomic E-state index is 0.0642. The average Bonchev–Trinajstić information content (AvgIpc) is 3.15. The number of aromatic nitrogens is 4. The average molecular weight is 491 g/mol. The molecule has 0 unspecified atom stereocenters. The lowest BCUT2D eigenvalue weighted by atomic mass is 10.1. The highest BCUT2D eigenvalue weighted by molar-refractivity contribution is 7.90. The van der Waals surface area contributed by atoms with Crippen LogP contribution in [0, 0.1) is 5.82 Å². The fraction of sp³-hybridized carbons (Fsp3) is 0.455. The van der Waals surface area contributed by atoms with Crippen molar-refractivity contribution >= 4 is 27.4 Å². The monoisotopic (exact) mass is 490 g/mol. The third-order valence-corrected chi connectivity index (χ3v) is 6.36. The van der Waals surface area contributed by atoms with E-state index in [-0.39, 0.29) is 22.6 Å². The third kappa shape index (κ3) is 5.27. The number of hydrogen-bond donors (Lipinski definition) is 1. The van der Waals surface area contributed by atoms with Crippen molar-refractivity contribution in [2.75, 3.05) is 24.7 Å². The van der Waals surface area contributed by atoms with Gasteiger partial charge in [-0.2, -0.15) is 0 Å². The van der Waals surface area contributed by atoms with Crippen molar-refractivity contribution in [2.45, 2.75) is 50.2 Å². The number of fused-ring (bicyclic) bond motifs is 1. The maximum Gasteiger partial charge on any atom is 0.410 e. The third-order valence-electron chi connectivity index (χ3n) is 5.27. The molecule has 0 bridgehead atoms. The molecule has 0 spiro atoms. The molecule has 34 heavy (non-hydrogen) atoms. The van der Waals surface area contributed by atoms with Gasteiger partial charge in [-0.25, -0.2) is 32.6 Å². The second-order valence-corrected chi connectivity index (χ2v) is 11.3. The van der Waals surface area contributed by atoms with Crippen LogP contribution in [0.2, 0.25) is 0 Å². The van der Waals surface area contributed by atoms with Crippen LogP contribution in [0.25, 0.3) is 17.2 Å². The zero-order valence-corrected chi connectivity index (χ0v) is 20.3. The lowest BCUT2D eigenvalue weighted by molar-refractivity contribution is 0.0206. The molecule has 3 aromatic heterocycles. The van der Waals surface area contributed by atoms with Crippen molar-refractivity contribution in [1.29, 1.82) is 0 Å². The van der Waals surface area contributed by atoms with Crippen LogP contribution in [0.5, 0.6) is 0 Å². The molecule has 3 aromatic rings. The zero-order chi connectivity index (χ0) is 24.7. The van der Waals surface area contributed by atoms with Crippen molar-refractivity contribution in [3.63, 3.8) is 0 Å². The molecule has 1 saturated heterocycles. The van der Waals surface area contributed by atoms with E-state index in [1.807, 2.05) is 0 Å². The van der Waals surface area contributed by atoms with Gasteiger partial charge in [0.05, 0.1) is 12.4 Å². The van der Waals surface area contributed by atoms with Crippen LogP contribution in [0.15, 0.2) is 35.6 Å². The summed E-state index contributed by atoms with van der Waals surface area (Å²) in [6.45, 7) is 6.29. The van der Waals surface area contributed by atoms with Gasteiger partial charge in [0.15, 0.2) is 15.7 Å². The number of rotatable bonds is 4. The standard InChI is InChI=1S/C22H27FN6O4S/c1-22(2,3)33-21(30)28-9-5-6-15(13-28)26-20-17(34(4,31)32)11-25-19(27-20)16-10-24-18-8-7-14(23)12-29(16)18/h7-8,10-12,15H,5-6,9,13H2,1-4H3,(H,25,26,27)/t15-/m1/s1. The van der Waals surface area contributed by atoms with Crippen LogP contribution in [-0.4, -0.2) is 69.8 Å². The van der Waals surface area contributed by atoms with E-state index >= 15 is 0 Å². The molecular formula is C22H27FN6O4S. The molecule has 4 rings (SSSR count). The first-order valence-corrected chi connectivity index (χ1v) is 12.7. The number of ether oxygens (including phenoxy) is 1. The highest BCUT2D eigenvalue weighted by atomic mass is 32.2. The van der Waals surface area contributed by atoms with E-state index < -0.39 is 27.3 Å². The van der Waals surface area contributed by atoms with Crippen molar-refractivity contribution in [1.82, 2.24) is 24.3 Å². The molecule has 1 aliphatic heterocycles. The van der Waals surface area contributed by atoms with Gasteiger partial charge >= 0.3 is 6.09 Å². The molecule has 1 atom stereocenters. The van der Waals surface area contributed by atoms with Gasteiger partial charge in [-0.3, -0.25) is 4.40 Å². The summed E-state index contributed by atoms with van der Waals surface area (Å²) in [5.41, 5.74) is 0.300. The molecule has 0 aromatic carbocycles. The van der Waals surface area contributed by atoms with Gasteiger partial charge in [0, 0.05) is 31.6 Å². The number of carbonyl (C=O) groups is 1. The first kappa shape index (κ1) is 23.9. The van der Waals surface area contributed by atoms with Gasteiger partial charge in [0.2, 0.25) is 0 Å². The van der Waals surface area contributed by atoms with Gasteiger partial charge in [-0.15, -0.1) is 0 Å². The molecular weight excluding hydrogens is 463 g/mol. The summed E-state index contributed by atoms with van der Waals surface area (Å²) in [6.07, 6.45) is 6.08. The highest BCUT2D eigenvalue weighted by Crippen LogP contribution is 2.26. The van der Waals surface area contributed by atoms with E-state index in [9.17, 15) is 17.6 Å². The van der Waals surface area contributed by atoms with Crippen LogP contribution in [-0.2, 0) is 14.6 Å². The van der Waals surface area contributed by atoms with Crippen LogP contribution in [0.3, 0.4) is 0 Å². The summed E-state index contributed by atoms with van der Waals surface area (Å²) in [4.78, 5) is 27.0. The van der Waals surface area contributed by atoms with E-state index in [1.54, 1.807) is 25.7 Å². The fourth-order valence-electron chi connectivity index (χ4n) is 3.77. The largest absolute Gasteiger partial charge is 0.444 e. The number of carbonyl (C=O) groups excluding carboxylic acids is 1. The zero-order valence-electron chi connectivity index (χ0n) is 19.4. The van der Waals surface area contributed by atoms with Gasteiger partial charge in [0.1, 0.15) is 33.5 Å². The van der Waals surface area contributed by atoms with Crippen molar-refractivity contribution in [2.24, 2.45) is 0 Å². The Labute approximate surface area is 197 Å². The SMILES string of the molecule is CC(C)(C)OC(=O)N1CCC[C@@H](Nc2nc(-c3cnc4ccc(F)cn34)ncc2S(C)(=O)=O)C1. The molecule has 10 nitrogen and oxygen atoms in total. The number of anilines is 1. The van der Waals surface area contributed by atoms with Crippen LogP contribution in [0.1, 0.15) is 33.6 Å². The van der Waals surface area contributed by atoms with E-state index in [0.717, 1.165) is 12.7 Å². The number of nitrogens with zero attached hydrogens (tertiary/aromatic N) is 5. The number of hydrogen-bond acceptors (Lipinski definition) is 8. The Bertz CT molecular complexity index is 1330. The van der Waals surface area contributed by atoms with Gasteiger partial charge in [-0.1, -0.05) is 0 Å². The Balaban J connectivity index is 1.65. The summed E-state index contributed by atoms with van der Waals surface area (Å²) < 4.78 is 45.6. The van der Waals surface area contributed by atoms with E-state index in [4.69, 9.17) is 4.74 Å². The number of pyridine rings is 1. The summed E-state index contributed by atoms with van der Waals surface area (Å²) in [6, 6.07) is 2.58. The molecule has 182 valence electrons. The summed E-state index contributed by atoms with van der Waals surface area (Å²) in [5, 5.41) is 3.18. The Morgan fingerprint density at radius 3 is 2.71 bits per heavy atom. The van der Waals surface area contributed by atoms with Crippen molar-refractivity contribution < 1.29 is 22.3 Å². The van der Waals surface area contributed by atoms with Gasteiger partial charge in [0.25, 0.3) is 0 Å². The van der Waals surface area contributed by atoms with E-state index in [1.165, 1.54) is 35.1 Å². The summed E-state index contributed by atoms with van der Waals surface area (Å²) >= 11 is 0. The van der Waals surface area contributed by atoms with E-state index in [0.29, 0.717) is 30.9 Å². The number of halogens is 1. The number of amides is 1. The Morgan fingerprint density at radius 1 is 1.24 bits per heavy atom. The molecule has 0 aliphatic carbocycles. The molecule has 4 heterocycles. The minimum Gasteiger partial charge on any atom is -0.444 e. The minimum atomic E-state index is -3.65. The highest BCUT2D eigenvalue weighted by Gasteiger charge is 2.29. The second kappa shape index (κ2) is 8.82. The maximum absolute atomic E-state index is 13.8. The first-order valence-electron chi connectivity index (χ1n) is 10.9.